The van der Waals surface area contributed by atoms with Crippen LogP contribution in [-0.2, 0) is 11.4 Å². The number of benzene rings is 2. The Morgan fingerprint density at radius 1 is 1.11 bits per heavy atom. The highest BCUT2D eigenvalue weighted by molar-refractivity contribution is 5.94. The number of hydrogen-bond donors (Lipinski definition) is 3. The van der Waals surface area contributed by atoms with Crippen LogP contribution in [-0.4, -0.2) is 15.9 Å². The Hall–Kier alpha value is -3.61. The van der Waals surface area contributed by atoms with Crippen molar-refractivity contribution in [1.82, 2.24) is 9.97 Å². The summed E-state index contributed by atoms with van der Waals surface area (Å²) in [5.41, 5.74) is 8.80. The maximum Gasteiger partial charge on any atom is 0.258 e. The molecule has 1 atom stereocenters. The summed E-state index contributed by atoms with van der Waals surface area (Å²) in [5.74, 6) is 0.336. The predicted molar refractivity (Wildman–Crippen MR) is 106 cm³/mol. The molecule has 0 saturated carbocycles. The third kappa shape index (κ3) is 3.59. The Balaban J connectivity index is 1.55. The van der Waals surface area contributed by atoms with Crippen molar-refractivity contribution in [3.8, 4) is 5.75 Å². The molecule has 4 N–H and O–H groups in total. The van der Waals surface area contributed by atoms with E-state index in [1.807, 2.05) is 55.5 Å². The molecule has 7 nitrogen and oxygen atoms in total. The topological polar surface area (TPSA) is 110 Å². The molecule has 3 aromatic rings. The summed E-state index contributed by atoms with van der Waals surface area (Å²) in [6.07, 6.45) is 0.172. The molecule has 0 saturated heterocycles. The van der Waals surface area contributed by atoms with Crippen LogP contribution in [0.4, 0.5) is 11.8 Å². The van der Waals surface area contributed by atoms with Gasteiger partial charge in [-0.1, -0.05) is 42.0 Å². The normalized spacial score (nSPS) is 15.6. The molecule has 1 amide bonds. The lowest BCUT2D eigenvalue weighted by atomic mass is 9.87. The molecule has 28 heavy (non-hydrogen) atoms. The number of nitrogens with zero attached hydrogens (tertiary/aromatic N) is 1. The summed E-state index contributed by atoms with van der Waals surface area (Å²) >= 11 is 0. The zero-order chi connectivity index (χ0) is 19.7. The van der Waals surface area contributed by atoms with E-state index in [-0.39, 0.29) is 35.6 Å². The molecule has 1 aliphatic rings. The van der Waals surface area contributed by atoms with Gasteiger partial charge >= 0.3 is 0 Å². The number of hydrogen-bond acceptors (Lipinski definition) is 5. The van der Waals surface area contributed by atoms with Crippen molar-refractivity contribution < 1.29 is 9.53 Å². The largest absolute Gasteiger partial charge is 0.489 e. The fourth-order valence-electron chi connectivity index (χ4n) is 3.32. The number of ether oxygens (including phenoxy) is 1. The van der Waals surface area contributed by atoms with Crippen LogP contribution in [0.2, 0.25) is 0 Å². The molecule has 142 valence electrons. The summed E-state index contributed by atoms with van der Waals surface area (Å²) in [5, 5.41) is 2.62. The molecular weight excluding hydrogens is 356 g/mol. The quantitative estimate of drug-likeness (QED) is 0.648. The first-order valence-corrected chi connectivity index (χ1v) is 8.97. The van der Waals surface area contributed by atoms with Gasteiger partial charge in [0.1, 0.15) is 18.2 Å². The van der Waals surface area contributed by atoms with E-state index in [9.17, 15) is 9.59 Å². The van der Waals surface area contributed by atoms with Gasteiger partial charge in [-0.05, 0) is 30.2 Å². The zero-order valence-corrected chi connectivity index (χ0v) is 15.4. The zero-order valence-electron chi connectivity index (χ0n) is 15.4. The van der Waals surface area contributed by atoms with E-state index in [2.05, 4.69) is 15.3 Å². The van der Waals surface area contributed by atoms with E-state index in [1.54, 1.807) is 0 Å². The Bertz CT molecular complexity index is 1070. The predicted octanol–water partition coefficient (Wildman–Crippen LogP) is 2.71. The van der Waals surface area contributed by atoms with Gasteiger partial charge in [0, 0.05) is 12.3 Å². The second kappa shape index (κ2) is 7.19. The first-order valence-electron chi connectivity index (χ1n) is 8.97. The Kier molecular flexibility index (Phi) is 4.57. The fraction of sp³-hybridized carbons (Fsp3) is 0.190. The second-order valence-electron chi connectivity index (χ2n) is 6.86. The Morgan fingerprint density at radius 2 is 1.82 bits per heavy atom. The summed E-state index contributed by atoms with van der Waals surface area (Å²) in [6.45, 7) is 2.51. The van der Waals surface area contributed by atoms with Crippen molar-refractivity contribution in [2.45, 2.75) is 25.9 Å². The molecule has 1 aliphatic heterocycles. The van der Waals surface area contributed by atoms with Crippen molar-refractivity contribution in [2.24, 2.45) is 0 Å². The van der Waals surface area contributed by atoms with Gasteiger partial charge in [-0.15, -0.1) is 0 Å². The summed E-state index contributed by atoms with van der Waals surface area (Å²) in [6, 6.07) is 15.6. The van der Waals surface area contributed by atoms with E-state index < -0.39 is 0 Å². The van der Waals surface area contributed by atoms with Crippen LogP contribution >= 0.6 is 0 Å². The van der Waals surface area contributed by atoms with Gasteiger partial charge in [-0.25, -0.2) is 0 Å². The molecule has 2 aromatic carbocycles. The van der Waals surface area contributed by atoms with Crippen LogP contribution in [0.5, 0.6) is 5.75 Å². The number of carbonyl (C=O) groups excluding carboxylic acids is 1. The van der Waals surface area contributed by atoms with Gasteiger partial charge in [-0.2, -0.15) is 4.98 Å². The SMILES string of the molecule is Cc1ccc(COc2ccc(C3CC(=O)Nc4nc(N)[nH]c(=O)c43)cc2)cc1. The smallest absolute Gasteiger partial charge is 0.258 e. The minimum atomic E-state index is -0.383. The lowest BCUT2D eigenvalue weighted by Gasteiger charge is -2.24. The minimum absolute atomic E-state index is 0.0236. The van der Waals surface area contributed by atoms with Gasteiger partial charge in [0.2, 0.25) is 11.9 Å². The van der Waals surface area contributed by atoms with Gasteiger partial charge in [0.15, 0.2) is 0 Å². The number of carbonyl (C=O) groups is 1. The molecule has 7 heteroatoms. The van der Waals surface area contributed by atoms with Crippen LogP contribution in [0.15, 0.2) is 53.3 Å². The number of H-pyrrole nitrogens is 1. The van der Waals surface area contributed by atoms with Crippen molar-refractivity contribution in [3.63, 3.8) is 0 Å². The van der Waals surface area contributed by atoms with Crippen LogP contribution in [0.25, 0.3) is 0 Å². The Labute approximate surface area is 161 Å². The summed E-state index contributed by atoms with van der Waals surface area (Å²) in [4.78, 5) is 31.0. The number of nitrogens with two attached hydrogens (primary N) is 1. The number of amides is 1. The van der Waals surface area contributed by atoms with Gasteiger partial charge in [0.05, 0.1) is 5.56 Å². The standard InChI is InChI=1S/C21H20N4O3/c1-12-2-4-13(5-3-12)11-28-15-8-6-14(7-9-15)16-10-17(26)23-19-18(16)20(27)25-21(22)24-19/h2-9,16H,10-11H2,1H3,(H4,22,23,24,25,26,27). The average molecular weight is 376 g/mol. The van der Waals surface area contributed by atoms with Gasteiger partial charge < -0.3 is 15.8 Å². The number of aromatic nitrogens is 2. The number of nitrogen functional groups attached to an aromatic ring is 1. The molecule has 0 aliphatic carbocycles. The van der Waals surface area contributed by atoms with Crippen molar-refractivity contribution >= 4 is 17.7 Å². The molecule has 0 radical (unpaired) electrons. The summed E-state index contributed by atoms with van der Waals surface area (Å²) in [7, 11) is 0. The molecular formula is C21H20N4O3. The van der Waals surface area contributed by atoms with E-state index >= 15 is 0 Å². The van der Waals surface area contributed by atoms with E-state index in [4.69, 9.17) is 10.5 Å². The summed E-state index contributed by atoms with van der Waals surface area (Å²) < 4.78 is 5.83. The average Bonchev–Trinajstić information content (AvgIpc) is 2.67. The first kappa shape index (κ1) is 17.8. The molecule has 1 unspecified atom stereocenters. The number of aryl methyl sites for hydroxylation is 1. The molecule has 4 rings (SSSR count). The monoisotopic (exact) mass is 376 g/mol. The lowest BCUT2D eigenvalue weighted by molar-refractivity contribution is -0.116. The van der Waals surface area contributed by atoms with E-state index in [0.29, 0.717) is 17.9 Å². The van der Waals surface area contributed by atoms with Crippen LogP contribution in [0.3, 0.4) is 0 Å². The van der Waals surface area contributed by atoms with Gasteiger partial charge in [-0.3, -0.25) is 14.6 Å². The minimum Gasteiger partial charge on any atom is -0.489 e. The molecule has 1 aromatic heterocycles. The third-order valence-corrected chi connectivity index (χ3v) is 4.78. The number of nitrogens with one attached hydrogen (secondary N) is 2. The van der Waals surface area contributed by atoms with Crippen molar-refractivity contribution in [3.05, 3.63) is 81.1 Å². The number of rotatable bonds is 4. The molecule has 2 heterocycles. The van der Waals surface area contributed by atoms with Crippen molar-refractivity contribution in [1.29, 1.82) is 0 Å². The van der Waals surface area contributed by atoms with Crippen molar-refractivity contribution in [2.75, 3.05) is 11.1 Å². The van der Waals surface area contributed by atoms with Crippen LogP contribution in [0, 0.1) is 6.92 Å². The second-order valence-corrected chi connectivity index (χ2v) is 6.86. The van der Waals surface area contributed by atoms with E-state index in [1.165, 1.54) is 5.56 Å². The maximum atomic E-state index is 12.4. The molecule has 0 fully saturated rings. The third-order valence-electron chi connectivity index (χ3n) is 4.78. The number of anilines is 2. The lowest BCUT2D eigenvalue weighted by Crippen LogP contribution is -2.31. The maximum absolute atomic E-state index is 12.4. The van der Waals surface area contributed by atoms with Crippen LogP contribution in [0.1, 0.15) is 34.6 Å². The van der Waals surface area contributed by atoms with Gasteiger partial charge in [0.25, 0.3) is 5.56 Å². The molecule has 0 bridgehead atoms. The molecule has 0 spiro atoms. The highest BCUT2D eigenvalue weighted by Gasteiger charge is 2.30. The highest BCUT2D eigenvalue weighted by atomic mass is 16.5. The number of aromatic amines is 1. The highest BCUT2D eigenvalue weighted by Crippen LogP contribution is 2.34. The first-order chi connectivity index (χ1) is 13.5. The van der Waals surface area contributed by atoms with Crippen LogP contribution < -0.4 is 21.3 Å². The van der Waals surface area contributed by atoms with E-state index in [0.717, 1.165) is 11.1 Å². The Morgan fingerprint density at radius 3 is 2.54 bits per heavy atom. The number of fused-ring (bicyclic) bond motifs is 1. The fourth-order valence-corrected chi connectivity index (χ4v) is 3.32.